The maximum atomic E-state index is 13.4. The number of hydrogen-bond donors (Lipinski definition) is 0. The highest BCUT2D eigenvalue weighted by Gasteiger charge is 2.63. The summed E-state index contributed by atoms with van der Waals surface area (Å²) in [7, 11) is 1.95. The zero-order valence-electron chi connectivity index (χ0n) is 14.9. The van der Waals surface area contributed by atoms with Crippen LogP contribution < -0.4 is 0 Å². The van der Waals surface area contributed by atoms with E-state index in [0.29, 0.717) is 23.3 Å². The smallest absolute Gasteiger partial charge is 0.228 e. The van der Waals surface area contributed by atoms with Crippen LogP contribution in [0.5, 0.6) is 0 Å². The summed E-state index contributed by atoms with van der Waals surface area (Å²) >= 11 is 0. The van der Waals surface area contributed by atoms with Crippen molar-refractivity contribution in [2.24, 2.45) is 22.2 Å². The van der Waals surface area contributed by atoms with Gasteiger partial charge in [-0.25, -0.2) is 0 Å². The molecule has 1 aromatic rings. The minimum Gasteiger partial charge on any atom is -0.464 e. The number of carbonyl (C=O) groups is 1. The summed E-state index contributed by atoms with van der Waals surface area (Å²) in [6.45, 7) is 7.39. The Balaban J connectivity index is 1.58. The lowest BCUT2D eigenvalue weighted by Gasteiger charge is -2.65. The van der Waals surface area contributed by atoms with Gasteiger partial charge >= 0.3 is 0 Å². The van der Waals surface area contributed by atoms with Crippen molar-refractivity contribution in [2.75, 3.05) is 7.05 Å². The molecule has 0 spiro atoms. The van der Waals surface area contributed by atoms with E-state index in [1.54, 1.807) is 0 Å². The fourth-order valence-corrected chi connectivity index (χ4v) is 6.97. The van der Waals surface area contributed by atoms with Crippen molar-refractivity contribution >= 4 is 5.91 Å². The number of furan rings is 1. The predicted octanol–water partition coefficient (Wildman–Crippen LogP) is 4.54. The molecule has 4 saturated carbocycles. The summed E-state index contributed by atoms with van der Waals surface area (Å²) in [5.74, 6) is 2.91. The number of hydrogen-bond acceptors (Lipinski definition) is 2. The first-order valence-electron chi connectivity index (χ1n) is 9.02. The van der Waals surface area contributed by atoms with Crippen molar-refractivity contribution in [3.63, 3.8) is 0 Å². The molecule has 1 amide bonds. The van der Waals surface area contributed by atoms with Crippen LogP contribution in [-0.4, -0.2) is 17.9 Å². The largest absolute Gasteiger partial charge is 0.464 e. The molecule has 3 nitrogen and oxygen atoms in total. The first-order valence-corrected chi connectivity index (χ1v) is 9.02. The number of nitrogens with zero attached hydrogens (tertiary/aromatic N) is 1. The lowest BCUT2D eigenvalue weighted by molar-refractivity contribution is -0.179. The summed E-state index contributed by atoms with van der Waals surface area (Å²) < 4.78 is 5.67. The molecule has 2 atom stereocenters. The molecule has 5 rings (SSSR count). The van der Waals surface area contributed by atoms with Gasteiger partial charge in [-0.1, -0.05) is 13.8 Å². The molecular formula is C20H29NO2. The zero-order chi connectivity index (χ0) is 16.5. The highest BCUT2D eigenvalue weighted by molar-refractivity contribution is 5.83. The number of carbonyl (C=O) groups excluding carboxylic acids is 1. The molecule has 1 aromatic heterocycles. The molecule has 4 aliphatic rings. The molecule has 23 heavy (non-hydrogen) atoms. The Morgan fingerprint density at radius 2 is 1.83 bits per heavy atom. The fourth-order valence-electron chi connectivity index (χ4n) is 6.97. The van der Waals surface area contributed by atoms with Crippen molar-refractivity contribution in [3.8, 4) is 0 Å². The third-order valence-corrected chi connectivity index (χ3v) is 6.62. The number of rotatable bonds is 3. The molecule has 4 bridgehead atoms. The van der Waals surface area contributed by atoms with Crippen LogP contribution in [0.4, 0.5) is 0 Å². The van der Waals surface area contributed by atoms with Crippen molar-refractivity contribution in [1.82, 2.24) is 4.90 Å². The van der Waals surface area contributed by atoms with E-state index in [-0.39, 0.29) is 5.41 Å². The second-order valence-corrected chi connectivity index (χ2v) is 9.58. The van der Waals surface area contributed by atoms with Crippen LogP contribution >= 0.6 is 0 Å². The van der Waals surface area contributed by atoms with Gasteiger partial charge in [-0.3, -0.25) is 4.79 Å². The van der Waals surface area contributed by atoms with Crippen LogP contribution in [-0.2, 0) is 11.3 Å². The van der Waals surface area contributed by atoms with Gasteiger partial charge in [0, 0.05) is 7.05 Å². The summed E-state index contributed by atoms with van der Waals surface area (Å²) in [5, 5.41) is 0. The molecule has 0 N–H and O–H groups in total. The molecule has 3 heteroatoms. The lowest BCUT2D eigenvalue weighted by atomic mass is 9.40. The molecule has 0 aliphatic heterocycles. The van der Waals surface area contributed by atoms with Gasteiger partial charge in [0.25, 0.3) is 0 Å². The van der Waals surface area contributed by atoms with E-state index < -0.39 is 0 Å². The third-order valence-electron chi connectivity index (χ3n) is 6.62. The highest BCUT2D eigenvalue weighted by Crippen LogP contribution is 2.69. The molecule has 126 valence electrons. The first-order chi connectivity index (χ1) is 10.7. The average Bonchev–Trinajstić information content (AvgIpc) is 2.79. The second-order valence-electron chi connectivity index (χ2n) is 9.58. The fraction of sp³-hybridized carbons (Fsp3) is 0.750. The van der Waals surface area contributed by atoms with Gasteiger partial charge in [-0.05, 0) is 74.3 Å². The summed E-state index contributed by atoms with van der Waals surface area (Å²) in [5.41, 5.74) is 0.650. The van der Waals surface area contributed by atoms with E-state index in [9.17, 15) is 4.79 Å². The third kappa shape index (κ3) is 2.43. The van der Waals surface area contributed by atoms with Crippen LogP contribution in [0, 0.1) is 29.1 Å². The van der Waals surface area contributed by atoms with Gasteiger partial charge in [0.2, 0.25) is 5.91 Å². The SMILES string of the molecule is Cc1ccc(CN(C)C(=O)C23CC4CC(C)(CC(C)(C4)C2)C3)o1. The quantitative estimate of drug-likeness (QED) is 0.820. The highest BCUT2D eigenvalue weighted by atomic mass is 16.3. The molecule has 4 aliphatic carbocycles. The summed E-state index contributed by atoms with van der Waals surface area (Å²) in [6, 6.07) is 3.96. The second kappa shape index (κ2) is 4.64. The van der Waals surface area contributed by atoms with Crippen LogP contribution in [0.1, 0.15) is 63.9 Å². The van der Waals surface area contributed by atoms with Crippen molar-refractivity contribution in [2.45, 2.75) is 65.8 Å². The molecule has 0 radical (unpaired) electrons. The Bertz CT molecular complexity index is 628. The van der Waals surface area contributed by atoms with E-state index in [4.69, 9.17) is 4.42 Å². The van der Waals surface area contributed by atoms with E-state index in [0.717, 1.165) is 36.7 Å². The first kappa shape index (κ1) is 15.3. The Hall–Kier alpha value is -1.25. The van der Waals surface area contributed by atoms with Gasteiger partial charge in [0.1, 0.15) is 11.5 Å². The molecule has 1 heterocycles. The standard InChI is InChI=1S/C20H29NO2/c1-14-5-6-16(23-14)10-21(4)17(22)20-9-15-7-18(2,12-20)11-19(3,8-15)13-20/h5-6,15H,7-13H2,1-4H3. The Morgan fingerprint density at radius 1 is 1.17 bits per heavy atom. The van der Waals surface area contributed by atoms with E-state index in [2.05, 4.69) is 13.8 Å². The van der Waals surface area contributed by atoms with Crippen LogP contribution in [0.25, 0.3) is 0 Å². The molecule has 4 fully saturated rings. The van der Waals surface area contributed by atoms with Gasteiger partial charge < -0.3 is 9.32 Å². The van der Waals surface area contributed by atoms with Crippen LogP contribution in [0.15, 0.2) is 16.5 Å². The minimum atomic E-state index is -0.112. The molecule has 0 aromatic carbocycles. The average molecular weight is 315 g/mol. The van der Waals surface area contributed by atoms with Crippen molar-refractivity contribution < 1.29 is 9.21 Å². The Labute approximate surface area is 139 Å². The van der Waals surface area contributed by atoms with E-state index in [1.165, 1.54) is 19.3 Å². The molecular weight excluding hydrogens is 286 g/mol. The van der Waals surface area contributed by atoms with Gasteiger partial charge in [0.05, 0.1) is 12.0 Å². The van der Waals surface area contributed by atoms with Crippen molar-refractivity contribution in [3.05, 3.63) is 23.7 Å². The minimum absolute atomic E-state index is 0.112. The maximum Gasteiger partial charge on any atom is 0.228 e. The maximum absolute atomic E-state index is 13.4. The van der Waals surface area contributed by atoms with Gasteiger partial charge in [0.15, 0.2) is 0 Å². The monoisotopic (exact) mass is 315 g/mol. The predicted molar refractivity (Wildman–Crippen MR) is 89.8 cm³/mol. The summed E-state index contributed by atoms with van der Waals surface area (Å²) in [6.07, 6.45) is 7.27. The lowest BCUT2D eigenvalue weighted by Crippen LogP contribution is -2.59. The topological polar surface area (TPSA) is 33.5 Å². The summed E-state index contributed by atoms with van der Waals surface area (Å²) in [4.78, 5) is 15.3. The van der Waals surface area contributed by atoms with Gasteiger partial charge in [-0.2, -0.15) is 0 Å². The van der Waals surface area contributed by atoms with Gasteiger partial charge in [-0.15, -0.1) is 0 Å². The Morgan fingerprint density at radius 3 is 2.35 bits per heavy atom. The van der Waals surface area contributed by atoms with Crippen LogP contribution in [0.3, 0.4) is 0 Å². The number of aryl methyl sites for hydroxylation is 1. The van der Waals surface area contributed by atoms with E-state index >= 15 is 0 Å². The van der Waals surface area contributed by atoms with Crippen LogP contribution in [0.2, 0.25) is 0 Å². The molecule has 0 saturated heterocycles. The van der Waals surface area contributed by atoms with E-state index in [1.807, 2.05) is 31.0 Å². The normalized spacial score (nSPS) is 41.3. The zero-order valence-corrected chi connectivity index (χ0v) is 14.9. The number of amides is 1. The molecule has 2 unspecified atom stereocenters. The Kier molecular flexibility index (Phi) is 3.09. The van der Waals surface area contributed by atoms with Crippen molar-refractivity contribution in [1.29, 1.82) is 0 Å².